The number of aromatic nitrogens is 2. The fourth-order valence-corrected chi connectivity index (χ4v) is 3.66. The van der Waals surface area contributed by atoms with Crippen molar-refractivity contribution in [2.75, 3.05) is 6.54 Å². The molecular formula is C23H25N3O2. The van der Waals surface area contributed by atoms with Gasteiger partial charge in [-0.25, -0.2) is 0 Å². The van der Waals surface area contributed by atoms with Gasteiger partial charge in [0, 0.05) is 32.4 Å². The molecular weight excluding hydrogens is 350 g/mol. The third-order valence-corrected chi connectivity index (χ3v) is 5.24. The zero-order valence-corrected chi connectivity index (χ0v) is 16.0. The molecule has 0 unspecified atom stereocenters. The van der Waals surface area contributed by atoms with Crippen LogP contribution in [0, 0.1) is 0 Å². The second-order valence-electron chi connectivity index (χ2n) is 7.26. The number of hydrogen-bond acceptors (Lipinski definition) is 4. The number of carbonyl (C=O) groups is 1. The SMILES string of the molecule is O=C(CCc1nnc(CCCc2ccccc2)o1)N1CCc2ccccc2C1. The van der Waals surface area contributed by atoms with Crippen LogP contribution in [-0.4, -0.2) is 27.5 Å². The van der Waals surface area contributed by atoms with Crippen molar-refractivity contribution in [3.05, 3.63) is 83.1 Å². The van der Waals surface area contributed by atoms with E-state index in [0.29, 0.717) is 31.2 Å². The van der Waals surface area contributed by atoms with Gasteiger partial charge in [-0.15, -0.1) is 10.2 Å². The van der Waals surface area contributed by atoms with Gasteiger partial charge in [0.25, 0.3) is 0 Å². The predicted octanol–water partition coefficient (Wildman–Crippen LogP) is 3.76. The number of fused-ring (bicyclic) bond motifs is 1. The van der Waals surface area contributed by atoms with Gasteiger partial charge in [0.15, 0.2) is 0 Å². The Balaban J connectivity index is 1.23. The Morgan fingerprint density at radius 1 is 0.893 bits per heavy atom. The molecule has 0 spiro atoms. The Bertz CT molecular complexity index is 920. The van der Waals surface area contributed by atoms with Gasteiger partial charge < -0.3 is 9.32 Å². The molecule has 0 fully saturated rings. The maximum absolute atomic E-state index is 12.6. The van der Waals surface area contributed by atoms with Crippen LogP contribution in [0.5, 0.6) is 0 Å². The van der Waals surface area contributed by atoms with Gasteiger partial charge in [-0.3, -0.25) is 4.79 Å². The van der Waals surface area contributed by atoms with Crippen molar-refractivity contribution >= 4 is 5.91 Å². The van der Waals surface area contributed by atoms with E-state index in [2.05, 4.69) is 52.7 Å². The number of amides is 1. The molecule has 1 aliphatic rings. The minimum Gasteiger partial charge on any atom is -0.425 e. The highest BCUT2D eigenvalue weighted by molar-refractivity contribution is 5.76. The highest BCUT2D eigenvalue weighted by Gasteiger charge is 2.20. The van der Waals surface area contributed by atoms with E-state index in [-0.39, 0.29) is 5.91 Å². The number of rotatable bonds is 7. The van der Waals surface area contributed by atoms with Crippen molar-refractivity contribution in [2.45, 2.75) is 45.1 Å². The van der Waals surface area contributed by atoms with E-state index in [1.165, 1.54) is 16.7 Å². The van der Waals surface area contributed by atoms with E-state index < -0.39 is 0 Å². The molecule has 4 rings (SSSR count). The molecule has 5 nitrogen and oxygen atoms in total. The van der Waals surface area contributed by atoms with Crippen molar-refractivity contribution in [3.63, 3.8) is 0 Å². The lowest BCUT2D eigenvalue weighted by atomic mass is 9.99. The molecule has 0 atom stereocenters. The number of nitrogens with zero attached hydrogens (tertiary/aromatic N) is 3. The Labute approximate surface area is 165 Å². The van der Waals surface area contributed by atoms with Crippen LogP contribution in [0.15, 0.2) is 59.0 Å². The molecule has 1 amide bonds. The zero-order valence-electron chi connectivity index (χ0n) is 16.0. The summed E-state index contributed by atoms with van der Waals surface area (Å²) in [5.74, 6) is 1.36. The van der Waals surface area contributed by atoms with Crippen LogP contribution in [0.3, 0.4) is 0 Å². The van der Waals surface area contributed by atoms with E-state index in [9.17, 15) is 4.79 Å². The molecule has 3 aromatic rings. The van der Waals surface area contributed by atoms with E-state index in [0.717, 1.165) is 32.2 Å². The first kappa shape index (κ1) is 18.4. The summed E-state index contributed by atoms with van der Waals surface area (Å²) in [7, 11) is 0. The average Bonchev–Trinajstić information content (AvgIpc) is 3.20. The third-order valence-electron chi connectivity index (χ3n) is 5.24. The van der Waals surface area contributed by atoms with Crippen LogP contribution in [0.4, 0.5) is 0 Å². The summed E-state index contributed by atoms with van der Waals surface area (Å²) in [6.07, 6.45) is 4.56. The Morgan fingerprint density at radius 3 is 2.43 bits per heavy atom. The van der Waals surface area contributed by atoms with E-state index >= 15 is 0 Å². The summed E-state index contributed by atoms with van der Waals surface area (Å²) in [5, 5.41) is 8.23. The molecule has 0 N–H and O–H groups in total. The minimum absolute atomic E-state index is 0.151. The van der Waals surface area contributed by atoms with Gasteiger partial charge in [0.05, 0.1) is 0 Å². The van der Waals surface area contributed by atoms with Gasteiger partial charge in [-0.05, 0) is 36.0 Å². The fraction of sp³-hybridized carbons (Fsp3) is 0.348. The van der Waals surface area contributed by atoms with Gasteiger partial charge in [0.2, 0.25) is 17.7 Å². The first-order chi connectivity index (χ1) is 13.8. The summed E-state index contributed by atoms with van der Waals surface area (Å²) >= 11 is 0. The largest absolute Gasteiger partial charge is 0.425 e. The number of hydrogen-bond donors (Lipinski definition) is 0. The molecule has 5 heteroatoms. The quantitative estimate of drug-likeness (QED) is 0.631. The monoisotopic (exact) mass is 375 g/mol. The standard InChI is InChI=1S/C23H25N3O2/c27-23(26-16-15-19-10-4-5-11-20(19)17-26)14-13-22-25-24-21(28-22)12-6-9-18-7-2-1-3-8-18/h1-5,7-8,10-11H,6,9,12-17H2. The maximum Gasteiger partial charge on any atom is 0.223 e. The smallest absolute Gasteiger partial charge is 0.223 e. The summed E-state index contributed by atoms with van der Waals surface area (Å²) in [5.41, 5.74) is 3.92. The normalized spacial score (nSPS) is 13.4. The van der Waals surface area contributed by atoms with Gasteiger partial charge in [-0.1, -0.05) is 54.6 Å². The third kappa shape index (κ3) is 4.66. The average molecular weight is 375 g/mol. The Kier molecular flexibility index (Phi) is 5.80. The number of aryl methyl sites for hydroxylation is 3. The molecule has 2 heterocycles. The van der Waals surface area contributed by atoms with Crippen molar-refractivity contribution in [3.8, 4) is 0 Å². The lowest BCUT2D eigenvalue weighted by molar-refractivity contribution is -0.132. The van der Waals surface area contributed by atoms with Crippen molar-refractivity contribution < 1.29 is 9.21 Å². The second-order valence-corrected chi connectivity index (χ2v) is 7.26. The van der Waals surface area contributed by atoms with Crippen LogP contribution < -0.4 is 0 Å². The summed E-state index contributed by atoms with van der Waals surface area (Å²) in [4.78, 5) is 14.5. The molecule has 2 aromatic carbocycles. The minimum atomic E-state index is 0.151. The molecule has 0 bridgehead atoms. The van der Waals surface area contributed by atoms with Crippen molar-refractivity contribution in [1.29, 1.82) is 0 Å². The predicted molar refractivity (Wildman–Crippen MR) is 107 cm³/mol. The lowest BCUT2D eigenvalue weighted by Crippen LogP contribution is -2.36. The van der Waals surface area contributed by atoms with E-state index in [1.54, 1.807) is 0 Å². The summed E-state index contributed by atoms with van der Waals surface area (Å²) < 4.78 is 5.72. The van der Waals surface area contributed by atoms with E-state index in [4.69, 9.17) is 4.42 Å². The fourth-order valence-electron chi connectivity index (χ4n) is 3.66. The highest BCUT2D eigenvalue weighted by atomic mass is 16.4. The molecule has 0 saturated heterocycles. The van der Waals surface area contributed by atoms with Gasteiger partial charge in [0.1, 0.15) is 0 Å². The van der Waals surface area contributed by atoms with Crippen molar-refractivity contribution in [2.24, 2.45) is 0 Å². The number of benzene rings is 2. The van der Waals surface area contributed by atoms with Crippen LogP contribution in [0.25, 0.3) is 0 Å². The molecule has 144 valence electrons. The molecule has 1 aliphatic heterocycles. The first-order valence-electron chi connectivity index (χ1n) is 9.98. The summed E-state index contributed by atoms with van der Waals surface area (Å²) in [6, 6.07) is 18.7. The first-order valence-corrected chi connectivity index (χ1v) is 9.98. The Hall–Kier alpha value is -2.95. The van der Waals surface area contributed by atoms with Crippen LogP contribution >= 0.6 is 0 Å². The number of carbonyl (C=O) groups excluding carboxylic acids is 1. The van der Waals surface area contributed by atoms with Gasteiger partial charge in [-0.2, -0.15) is 0 Å². The van der Waals surface area contributed by atoms with Crippen LogP contribution in [0.2, 0.25) is 0 Å². The highest BCUT2D eigenvalue weighted by Crippen LogP contribution is 2.19. The maximum atomic E-state index is 12.6. The molecule has 1 aromatic heterocycles. The zero-order chi connectivity index (χ0) is 19.2. The van der Waals surface area contributed by atoms with Gasteiger partial charge >= 0.3 is 0 Å². The van der Waals surface area contributed by atoms with Crippen LogP contribution in [0.1, 0.15) is 41.3 Å². The molecule has 28 heavy (non-hydrogen) atoms. The molecule has 0 radical (unpaired) electrons. The Morgan fingerprint density at radius 2 is 1.61 bits per heavy atom. The lowest BCUT2D eigenvalue weighted by Gasteiger charge is -2.28. The van der Waals surface area contributed by atoms with Crippen LogP contribution in [-0.2, 0) is 37.0 Å². The van der Waals surface area contributed by atoms with E-state index in [1.807, 2.05) is 17.0 Å². The topological polar surface area (TPSA) is 59.2 Å². The molecule has 0 aliphatic carbocycles. The summed E-state index contributed by atoms with van der Waals surface area (Å²) in [6.45, 7) is 1.48. The molecule has 0 saturated carbocycles. The second kappa shape index (κ2) is 8.83. The van der Waals surface area contributed by atoms with Crippen molar-refractivity contribution in [1.82, 2.24) is 15.1 Å².